The highest BCUT2D eigenvalue weighted by Crippen LogP contribution is 2.57. The van der Waals surface area contributed by atoms with Gasteiger partial charge in [-0.2, -0.15) is 0 Å². The van der Waals surface area contributed by atoms with Gasteiger partial charge in [-0.1, -0.05) is 73.9 Å². The van der Waals surface area contributed by atoms with Gasteiger partial charge in [0.05, 0.1) is 17.3 Å². The number of para-hydroxylation sites is 1. The van der Waals surface area contributed by atoms with Crippen LogP contribution in [0.2, 0.25) is 0 Å². The van der Waals surface area contributed by atoms with Gasteiger partial charge in [-0.3, -0.25) is 0 Å². The monoisotopic (exact) mass is 381 g/mol. The van der Waals surface area contributed by atoms with E-state index in [1.165, 1.54) is 59.7 Å². The van der Waals surface area contributed by atoms with Crippen molar-refractivity contribution in [2.75, 3.05) is 4.90 Å². The molecule has 0 amide bonds. The second-order valence-corrected chi connectivity index (χ2v) is 8.93. The summed E-state index contributed by atoms with van der Waals surface area (Å²) in [5.74, 6) is 0. The quantitative estimate of drug-likeness (QED) is 0.337. The van der Waals surface area contributed by atoms with Gasteiger partial charge in [-0.15, -0.1) is 0 Å². The fourth-order valence-electron chi connectivity index (χ4n) is 6.15. The first-order chi connectivity index (χ1) is 14.2. The summed E-state index contributed by atoms with van der Waals surface area (Å²) in [5.41, 5.74) is 7.76. The van der Waals surface area contributed by atoms with Crippen molar-refractivity contribution in [3.05, 3.63) is 77.4 Å². The standard InChI is InChI=1S/C27H27NO/c1-18-14-15-22-21-11-5-7-13-24(21)29-26(22)25(18)28-19(2)20-10-4-6-12-23(20)27(28)16-8-3-9-17-27/h4-7,10-15,19H,3,8-9,16-17H2,1-2H3/t19-/m0/s1. The number of rotatable bonds is 1. The first-order valence-corrected chi connectivity index (χ1v) is 11.0. The molecule has 3 aromatic carbocycles. The predicted octanol–water partition coefficient (Wildman–Crippen LogP) is 7.64. The Morgan fingerprint density at radius 3 is 2.48 bits per heavy atom. The van der Waals surface area contributed by atoms with Gasteiger partial charge in [0.25, 0.3) is 0 Å². The maximum absolute atomic E-state index is 6.52. The maximum Gasteiger partial charge on any atom is 0.159 e. The van der Waals surface area contributed by atoms with Gasteiger partial charge < -0.3 is 9.32 Å². The van der Waals surface area contributed by atoms with Crippen LogP contribution in [0.1, 0.15) is 61.8 Å². The van der Waals surface area contributed by atoms with E-state index in [0.29, 0.717) is 6.04 Å². The van der Waals surface area contributed by atoms with E-state index < -0.39 is 0 Å². The fraction of sp³-hybridized carbons (Fsp3) is 0.333. The third-order valence-corrected chi connectivity index (χ3v) is 7.40. The lowest BCUT2D eigenvalue weighted by Crippen LogP contribution is -2.44. The molecule has 146 valence electrons. The smallest absolute Gasteiger partial charge is 0.159 e. The van der Waals surface area contributed by atoms with Gasteiger partial charge in [-0.25, -0.2) is 0 Å². The van der Waals surface area contributed by atoms with Crippen LogP contribution in [-0.2, 0) is 5.54 Å². The second-order valence-electron chi connectivity index (χ2n) is 8.93. The summed E-state index contributed by atoms with van der Waals surface area (Å²) in [6.45, 7) is 4.62. The number of hydrogen-bond donors (Lipinski definition) is 0. The minimum absolute atomic E-state index is 0.0896. The Kier molecular flexibility index (Phi) is 3.62. The molecule has 0 saturated heterocycles. The molecule has 4 aromatic rings. The third-order valence-electron chi connectivity index (χ3n) is 7.40. The van der Waals surface area contributed by atoms with Crippen molar-refractivity contribution in [3.63, 3.8) is 0 Å². The highest BCUT2D eigenvalue weighted by Gasteiger charge is 2.50. The maximum atomic E-state index is 6.52. The second kappa shape index (κ2) is 6.13. The Morgan fingerprint density at radius 1 is 0.862 bits per heavy atom. The van der Waals surface area contributed by atoms with Gasteiger partial charge in [0.15, 0.2) is 5.58 Å². The highest BCUT2D eigenvalue weighted by molar-refractivity contribution is 6.09. The van der Waals surface area contributed by atoms with E-state index in [4.69, 9.17) is 4.42 Å². The Balaban J connectivity index is 1.67. The van der Waals surface area contributed by atoms with Crippen LogP contribution < -0.4 is 4.90 Å². The highest BCUT2D eigenvalue weighted by atomic mass is 16.3. The number of nitrogens with zero attached hydrogens (tertiary/aromatic N) is 1. The van der Waals surface area contributed by atoms with Crippen molar-refractivity contribution in [1.82, 2.24) is 0 Å². The molecule has 0 radical (unpaired) electrons. The molecular weight excluding hydrogens is 354 g/mol. The van der Waals surface area contributed by atoms with Crippen molar-refractivity contribution >= 4 is 27.6 Å². The SMILES string of the molecule is Cc1ccc2c(oc3ccccc32)c1N1[C@@H](C)c2ccccc2C12CCCCC2. The van der Waals surface area contributed by atoms with Crippen LogP contribution in [-0.4, -0.2) is 0 Å². The van der Waals surface area contributed by atoms with Gasteiger partial charge in [-0.05, 0) is 49.4 Å². The summed E-state index contributed by atoms with van der Waals surface area (Å²) < 4.78 is 6.52. The molecule has 1 aliphatic heterocycles. The molecule has 1 fully saturated rings. The molecule has 1 saturated carbocycles. The molecule has 1 spiro atoms. The van der Waals surface area contributed by atoms with Gasteiger partial charge in [0, 0.05) is 10.8 Å². The first kappa shape index (κ1) is 17.1. The minimum atomic E-state index is 0.0896. The summed E-state index contributed by atoms with van der Waals surface area (Å²) in [5, 5.41) is 2.45. The zero-order valence-corrected chi connectivity index (χ0v) is 17.2. The summed E-state index contributed by atoms with van der Waals surface area (Å²) in [4.78, 5) is 2.73. The van der Waals surface area contributed by atoms with Crippen LogP contribution in [0.4, 0.5) is 5.69 Å². The van der Waals surface area contributed by atoms with Gasteiger partial charge in [0.1, 0.15) is 5.58 Å². The summed E-state index contributed by atoms with van der Waals surface area (Å²) in [7, 11) is 0. The Labute approximate surface area is 172 Å². The van der Waals surface area contributed by atoms with Gasteiger partial charge >= 0.3 is 0 Å². The summed E-state index contributed by atoms with van der Waals surface area (Å²) in [6.07, 6.45) is 6.40. The number of furan rings is 1. The zero-order valence-electron chi connectivity index (χ0n) is 17.2. The van der Waals surface area contributed by atoms with Crippen LogP contribution in [0, 0.1) is 6.92 Å². The minimum Gasteiger partial charge on any atom is -0.454 e. The molecule has 0 bridgehead atoms. The number of anilines is 1. The van der Waals surface area contributed by atoms with Crippen molar-refractivity contribution in [2.45, 2.75) is 57.5 Å². The average Bonchev–Trinajstić information content (AvgIpc) is 3.24. The van der Waals surface area contributed by atoms with E-state index >= 15 is 0 Å². The molecule has 1 atom stereocenters. The van der Waals surface area contributed by atoms with Crippen molar-refractivity contribution < 1.29 is 4.42 Å². The van der Waals surface area contributed by atoms with Crippen LogP contribution in [0.3, 0.4) is 0 Å². The Morgan fingerprint density at radius 2 is 1.62 bits per heavy atom. The number of aryl methyl sites for hydroxylation is 1. The molecule has 1 aromatic heterocycles. The van der Waals surface area contributed by atoms with E-state index in [0.717, 1.165) is 11.2 Å². The molecule has 2 nitrogen and oxygen atoms in total. The van der Waals surface area contributed by atoms with Crippen LogP contribution in [0.15, 0.2) is 65.1 Å². The molecular formula is C27H27NO. The normalized spacial score (nSPS) is 20.6. The molecule has 2 heteroatoms. The predicted molar refractivity (Wildman–Crippen MR) is 121 cm³/mol. The molecule has 6 rings (SSSR count). The van der Waals surface area contributed by atoms with E-state index in [9.17, 15) is 0 Å². The molecule has 29 heavy (non-hydrogen) atoms. The van der Waals surface area contributed by atoms with Crippen LogP contribution in [0.25, 0.3) is 21.9 Å². The number of hydrogen-bond acceptors (Lipinski definition) is 2. The average molecular weight is 382 g/mol. The van der Waals surface area contributed by atoms with E-state index in [-0.39, 0.29) is 5.54 Å². The lowest BCUT2D eigenvalue weighted by Gasteiger charge is -2.46. The largest absolute Gasteiger partial charge is 0.454 e. The molecule has 0 N–H and O–H groups in total. The van der Waals surface area contributed by atoms with E-state index in [2.05, 4.69) is 79.4 Å². The molecule has 2 aliphatic rings. The van der Waals surface area contributed by atoms with Crippen molar-refractivity contribution in [3.8, 4) is 0 Å². The number of fused-ring (bicyclic) bond motifs is 5. The van der Waals surface area contributed by atoms with Crippen molar-refractivity contribution in [2.24, 2.45) is 0 Å². The lowest BCUT2D eigenvalue weighted by atomic mass is 9.76. The summed E-state index contributed by atoms with van der Waals surface area (Å²) in [6, 6.07) is 22.4. The lowest BCUT2D eigenvalue weighted by molar-refractivity contribution is 0.284. The van der Waals surface area contributed by atoms with Crippen molar-refractivity contribution in [1.29, 1.82) is 0 Å². The molecule has 0 unspecified atom stereocenters. The Bertz CT molecular complexity index is 1230. The van der Waals surface area contributed by atoms with E-state index in [1.807, 2.05) is 0 Å². The van der Waals surface area contributed by atoms with Crippen LogP contribution >= 0.6 is 0 Å². The fourth-order valence-corrected chi connectivity index (χ4v) is 6.15. The van der Waals surface area contributed by atoms with E-state index in [1.54, 1.807) is 5.56 Å². The van der Waals surface area contributed by atoms with Gasteiger partial charge in [0.2, 0.25) is 0 Å². The number of benzene rings is 3. The molecule has 2 heterocycles. The topological polar surface area (TPSA) is 16.4 Å². The Hall–Kier alpha value is -2.74. The third kappa shape index (κ3) is 2.23. The summed E-state index contributed by atoms with van der Waals surface area (Å²) >= 11 is 0. The zero-order chi connectivity index (χ0) is 19.6. The first-order valence-electron chi connectivity index (χ1n) is 11.0. The van der Waals surface area contributed by atoms with Crippen LogP contribution in [0.5, 0.6) is 0 Å². The molecule has 1 aliphatic carbocycles.